The topological polar surface area (TPSA) is 38.1 Å². The minimum absolute atomic E-state index is 0.565. The second-order valence-corrected chi connectivity index (χ2v) is 5.50. The predicted octanol–water partition coefficient (Wildman–Crippen LogP) is 5.31. The van der Waals surface area contributed by atoms with Crippen molar-refractivity contribution in [3.63, 3.8) is 0 Å². The molecule has 3 rings (SSSR count). The molecule has 108 valence electrons. The van der Waals surface area contributed by atoms with E-state index in [1.54, 1.807) is 6.07 Å². The van der Waals surface area contributed by atoms with Gasteiger partial charge in [0.1, 0.15) is 5.52 Å². The van der Waals surface area contributed by atoms with Gasteiger partial charge in [0.2, 0.25) is 0 Å². The molecule has 0 saturated heterocycles. The lowest BCUT2D eigenvalue weighted by Gasteiger charge is -2.08. The third-order valence-corrected chi connectivity index (χ3v) is 4.11. The first-order valence-electron chi connectivity index (χ1n) is 6.73. The van der Waals surface area contributed by atoms with Crippen LogP contribution >= 0.6 is 23.2 Å². The first-order valence-corrected chi connectivity index (χ1v) is 7.49. The van der Waals surface area contributed by atoms with Gasteiger partial charge in [-0.15, -0.1) is 0 Å². The van der Waals surface area contributed by atoms with Crippen molar-refractivity contribution in [2.45, 2.75) is 19.9 Å². The molecular weight excluding hydrogens is 307 g/mol. The average Bonchev–Trinajstić information content (AvgIpc) is 2.91. The van der Waals surface area contributed by atoms with E-state index in [0.717, 1.165) is 34.7 Å². The van der Waals surface area contributed by atoms with Gasteiger partial charge in [-0.05, 0) is 29.8 Å². The Hall–Kier alpha value is -1.71. The molecule has 0 unspecified atom stereocenters. The van der Waals surface area contributed by atoms with Crippen molar-refractivity contribution in [3.8, 4) is 0 Å². The normalized spacial score (nSPS) is 11.0. The lowest BCUT2D eigenvalue weighted by Crippen LogP contribution is -2.00. The van der Waals surface area contributed by atoms with Gasteiger partial charge in [0.25, 0.3) is 0 Å². The summed E-state index contributed by atoms with van der Waals surface area (Å²) in [5.41, 5.74) is 3.58. The van der Waals surface area contributed by atoms with Gasteiger partial charge in [-0.3, -0.25) is 0 Å². The highest BCUT2D eigenvalue weighted by Crippen LogP contribution is 2.27. The van der Waals surface area contributed by atoms with Crippen LogP contribution in [0.1, 0.15) is 18.4 Å². The van der Waals surface area contributed by atoms with Crippen LogP contribution in [0.5, 0.6) is 0 Å². The summed E-state index contributed by atoms with van der Waals surface area (Å²) < 4.78 is 5.59. The first-order chi connectivity index (χ1) is 10.2. The third kappa shape index (κ3) is 2.99. The van der Waals surface area contributed by atoms with Gasteiger partial charge in [-0.1, -0.05) is 42.3 Å². The van der Waals surface area contributed by atoms with Crippen molar-refractivity contribution in [3.05, 3.63) is 57.9 Å². The van der Waals surface area contributed by atoms with E-state index in [0.29, 0.717) is 16.6 Å². The zero-order chi connectivity index (χ0) is 14.8. The van der Waals surface area contributed by atoms with Crippen molar-refractivity contribution >= 4 is 40.0 Å². The fraction of sp³-hybridized carbons (Fsp3) is 0.188. The maximum Gasteiger partial charge on any atom is 0.195 e. The van der Waals surface area contributed by atoms with Gasteiger partial charge in [0.05, 0.1) is 10.0 Å². The Balaban J connectivity index is 1.80. The quantitative estimate of drug-likeness (QED) is 0.708. The first kappa shape index (κ1) is 14.2. The number of hydrogen-bond donors (Lipinski definition) is 1. The fourth-order valence-electron chi connectivity index (χ4n) is 2.12. The molecule has 0 aliphatic carbocycles. The zero-order valence-electron chi connectivity index (χ0n) is 11.5. The lowest BCUT2D eigenvalue weighted by molar-refractivity contribution is 0.538. The minimum atomic E-state index is 0.565. The van der Waals surface area contributed by atoms with Crippen LogP contribution in [-0.2, 0) is 13.0 Å². The maximum atomic E-state index is 6.18. The Bertz CT molecular complexity index is 783. The van der Waals surface area contributed by atoms with Crippen LogP contribution in [0.4, 0.5) is 5.69 Å². The second-order valence-electron chi connectivity index (χ2n) is 4.71. The number of nitrogens with zero attached hydrogens (tertiary/aromatic N) is 1. The Labute approximate surface area is 132 Å². The molecule has 0 spiro atoms. The van der Waals surface area contributed by atoms with E-state index in [-0.39, 0.29) is 0 Å². The third-order valence-electron chi connectivity index (χ3n) is 3.25. The summed E-state index contributed by atoms with van der Waals surface area (Å²) >= 11 is 12.2. The molecule has 0 amide bonds. The molecule has 0 atom stereocenters. The largest absolute Gasteiger partial charge is 0.441 e. The van der Waals surface area contributed by atoms with Gasteiger partial charge >= 0.3 is 0 Å². The molecule has 0 bridgehead atoms. The number of aryl methyl sites for hydroxylation is 1. The van der Waals surface area contributed by atoms with Gasteiger partial charge < -0.3 is 9.73 Å². The molecule has 1 N–H and O–H groups in total. The van der Waals surface area contributed by atoms with E-state index in [1.807, 2.05) is 37.3 Å². The number of halogens is 2. The summed E-state index contributed by atoms with van der Waals surface area (Å²) in [5, 5.41) is 4.47. The number of anilines is 1. The average molecular weight is 321 g/mol. The van der Waals surface area contributed by atoms with Crippen LogP contribution in [0.2, 0.25) is 10.0 Å². The Kier molecular flexibility index (Phi) is 4.04. The van der Waals surface area contributed by atoms with Crippen molar-refractivity contribution in [2.24, 2.45) is 0 Å². The maximum absolute atomic E-state index is 6.18. The van der Waals surface area contributed by atoms with Crippen molar-refractivity contribution in [2.75, 3.05) is 5.32 Å². The second kappa shape index (κ2) is 5.96. The number of aromatic nitrogens is 1. The highest BCUT2D eigenvalue weighted by Gasteiger charge is 2.06. The predicted molar refractivity (Wildman–Crippen MR) is 87.2 cm³/mol. The minimum Gasteiger partial charge on any atom is -0.441 e. The summed E-state index contributed by atoms with van der Waals surface area (Å²) in [6.07, 6.45) is 0.787. The highest BCUT2D eigenvalue weighted by atomic mass is 35.5. The molecular formula is C16H14Cl2N2O. The highest BCUT2D eigenvalue weighted by molar-refractivity contribution is 6.42. The zero-order valence-corrected chi connectivity index (χ0v) is 13.0. The van der Waals surface area contributed by atoms with Crippen LogP contribution in [-0.4, -0.2) is 4.98 Å². The number of hydrogen-bond acceptors (Lipinski definition) is 3. The van der Waals surface area contributed by atoms with Crippen molar-refractivity contribution < 1.29 is 4.42 Å². The van der Waals surface area contributed by atoms with Crippen LogP contribution in [0.25, 0.3) is 11.1 Å². The molecule has 2 aromatic carbocycles. The van der Waals surface area contributed by atoms with Crippen LogP contribution in [0, 0.1) is 0 Å². The van der Waals surface area contributed by atoms with E-state index in [2.05, 4.69) is 10.3 Å². The van der Waals surface area contributed by atoms with Crippen LogP contribution in [0.15, 0.2) is 40.8 Å². The van der Waals surface area contributed by atoms with Crippen LogP contribution < -0.4 is 5.32 Å². The van der Waals surface area contributed by atoms with Gasteiger partial charge in [0.15, 0.2) is 11.5 Å². The standard InChI is InChI=1S/C16H14Cl2N2O/c1-2-15-20-13-8-11(6-7-14(13)21-15)19-9-10-4-3-5-12(17)16(10)18/h3-8,19H,2,9H2,1H3. The molecule has 0 saturated carbocycles. The fourth-order valence-corrected chi connectivity index (χ4v) is 2.51. The van der Waals surface area contributed by atoms with Crippen molar-refractivity contribution in [1.29, 1.82) is 0 Å². The number of fused-ring (bicyclic) bond motifs is 1. The van der Waals surface area contributed by atoms with Crippen molar-refractivity contribution in [1.82, 2.24) is 4.98 Å². The number of rotatable bonds is 4. The summed E-state index contributed by atoms with van der Waals surface area (Å²) in [4.78, 5) is 4.42. The summed E-state index contributed by atoms with van der Waals surface area (Å²) in [6, 6.07) is 11.5. The molecule has 5 heteroatoms. The monoisotopic (exact) mass is 320 g/mol. The van der Waals surface area contributed by atoms with Gasteiger partial charge in [0, 0.05) is 18.7 Å². The Morgan fingerprint density at radius 2 is 2.05 bits per heavy atom. The SMILES string of the molecule is CCc1nc2cc(NCc3cccc(Cl)c3Cl)ccc2o1. The Morgan fingerprint density at radius 1 is 1.19 bits per heavy atom. The van der Waals surface area contributed by atoms with E-state index >= 15 is 0 Å². The number of oxazole rings is 1. The summed E-state index contributed by atoms with van der Waals surface area (Å²) in [6.45, 7) is 2.62. The van der Waals surface area contributed by atoms with E-state index in [4.69, 9.17) is 27.6 Å². The molecule has 21 heavy (non-hydrogen) atoms. The lowest BCUT2D eigenvalue weighted by atomic mass is 10.2. The van der Waals surface area contributed by atoms with E-state index in [1.165, 1.54) is 0 Å². The van der Waals surface area contributed by atoms with E-state index in [9.17, 15) is 0 Å². The van der Waals surface area contributed by atoms with Crippen LogP contribution in [0.3, 0.4) is 0 Å². The molecule has 0 fully saturated rings. The molecule has 1 heterocycles. The summed E-state index contributed by atoms with van der Waals surface area (Å²) in [7, 11) is 0. The Morgan fingerprint density at radius 3 is 2.86 bits per heavy atom. The molecule has 0 aliphatic rings. The number of benzene rings is 2. The number of nitrogens with one attached hydrogen (secondary N) is 1. The molecule has 3 nitrogen and oxygen atoms in total. The van der Waals surface area contributed by atoms with E-state index < -0.39 is 0 Å². The van der Waals surface area contributed by atoms with Gasteiger partial charge in [-0.2, -0.15) is 0 Å². The molecule has 1 aromatic heterocycles. The molecule has 3 aromatic rings. The van der Waals surface area contributed by atoms with Gasteiger partial charge in [-0.25, -0.2) is 4.98 Å². The summed E-state index contributed by atoms with van der Waals surface area (Å²) in [5.74, 6) is 0.750. The molecule has 0 radical (unpaired) electrons. The smallest absolute Gasteiger partial charge is 0.195 e. The molecule has 0 aliphatic heterocycles.